The molecule has 0 saturated heterocycles. The Hall–Kier alpha value is -0.520. The molecule has 0 saturated carbocycles. The maximum absolute atomic E-state index is 3.27. The van der Waals surface area contributed by atoms with Gasteiger partial charge in [0.15, 0.2) is 0 Å². The van der Waals surface area contributed by atoms with Gasteiger partial charge in [0.2, 0.25) is 0 Å². The summed E-state index contributed by atoms with van der Waals surface area (Å²) in [5.41, 5.74) is 2.61. The van der Waals surface area contributed by atoms with Crippen molar-refractivity contribution in [2.75, 3.05) is 0 Å². The second kappa shape index (κ2) is 2.38. The summed E-state index contributed by atoms with van der Waals surface area (Å²) in [4.78, 5) is 0. The third kappa shape index (κ3) is 1.70. The van der Waals surface area contributed by atoms with Crippen LogP contribution in [0.15, 0.2) is 17.2 Å². The number of allylic oxidation sites excluding steroid dienone is 4. The largest absolute Gasteiger partial charge is 0.0738 e. The normalized spacial score (nSPS) is 21.2. The topological polar surface area (TPSA) is 0 Å². The molecular weight excluding hydrogens is 108 g/mol. The lowest BCUT2D eigenvalue weighted by Gasteiger charge is -2.11. The van der Waals surface area contributed by atoms with E-state index in [0.29, 0.717) is 0 Å². The molecule has 0 unspecified atom stereocenters. The van der Waals surface area contributed by atoms with Gasteiger partial charge in [-0.3, -0.25) is 0 Å². The molecular formula is C9H12. The van der Waals surface area contributed by atoms with Crippen LogP contribution in [0, 0.1) is 12.0 Å². The van der Waals surface area contributed by atoms with Crippen LogP contribution in [0.1, 0.15) is 27.2 Å². The van der Waals surface area contributed by atoms with Crippen LogP contribution in [-0.4, -0.2) is 0 Å². The van der Waals surface area contributed by atoms with Crippen LogP contribution < -0.4 is 0 Å². The summed E-state index contributed by atoms with van der Waals surface area (Å²) in [5, 5.41) is 0. The Morgan fingerprint density at radius 3 is 2.44 bits per heavy atom. The van der Waals surface area contributed by atoms with Gasteiger partial charge in [-0.05, 0) is 37.8 Å². The van der Waals surface area contributed by atoms with Gasteiger partial charge in [-0.25, -0.2) is 0 Å². The van der Waals surface area contributed by atoms with Crippen molar-refractivity contribution in [3.8, 4) is 0 Å². The van der Waals surface area contributed by atoms with E-state index in [1.54, 1.807) is 0 Å². The maximum Gasteiger partial charge on any atom is -0.00117 e. The lowest BCUT2D eigenvalue weighted by molar-refractivity contribution is 0.962. The van der Waals surface area contributed by atoms with E-state index in [0.717, 1.165) is 6.42 Å². The van der Waals surface area contributed by atoms with Crippen molar-refractivity contribution in [3.63, 3.8) is 0 Å². The van der Waals surface area contributed by atoms with Gasteiger partial charge in [0.05, 0.1) is 0 Å². The maximum atomic E-state index is 3.27. The van der Waals surface area contributed by atoms with Gasteiger partial charge in [-0.2, -0.15) is 0 Å². The van der Waals surface area contributed by atoms with Crippen LogP contribution in [0.25, 0.3) is 0 Å². The Morgan fingerprint density at radius 1 is 1.33 bits per heavy atom. The molecule has 1 aliphatic rings. The molecule has 0 fully saturated rings. The molecule has 0 aliphatic heterocycles. The van der Waals surface area contributed by atoms with E-state index in [1.165, 1.54) is 17.1 Å². The van der Waals surface area contributed by atoms with Crippen molar-refractivity contribution < 1.29 is 0 Å². The first-order chi connectivity index (χ1) is 4.18. The minimum absolute atomic E-state index is 1.11. The molecule has 0 bridgehead atoms. The van der Waals surface area contributed by atoms with E-state index >= 15 is 0 Å². The van der Waals surface area contributed by atoms with E-state index in [9.17, 15) is 0 Å². The van der Waals surface area contributed by atoms with Gasteiger partial charge < -0.3 is 0 Å². The van der Waals surface area contributed by atoms with Crippen molar-refractivity contribution in [1.82, 2.24) is 0 Å². The van der Waals surface area contributed by atoms with Crippen molar-refractivity contribution in [2.24, 2.45) is 0 Å². The first-order valence-corrected chi connectivity index (χ1v) is 3.28. The minimum Gasteiger partial charge on any atom is -0.0738 e. The van der Waals surface area contributed by atoms with Gasteiger partial charge in [0.25, 0.3) is 0 Å². The molecule has 2 radical (unpaired) electrons. The summed E-state index contributed by atoms with van der Waals surface area (Å²) in [5.74, 6) is 1.45. The van der Waals surface area contributed by atoms with Gasteiger partial charge >= 0.3 is 0 Å². The summed E-state index contributed by atoms with van der Waals surface area (Å²) in [6.07, 6.45) is 6.56. The third-order valence-electron chi connectivity index (χ3n) is 1.42. The highest BCUT2D eigenvalue weighted by Gasteiger charge is 2.05. The summed E-state index contributed by atoms with van der Waals surface area (Å²) in [7, 11) is 0. The highest BCUT2D eigenvalue weighted by molar-refractivity contribution is 5.29. The summed E-state index contributed by atoms with van der Waals surface area (Å²) >= 11 is 0. The zero-order valence-electron chi connectivity index (χ0n) is 6.28. The summed E-state index contributed by atoms with van der Waals surface area (Å²) in [6, 6.07) is 0. The van der Waals surface area contributed by atoms with Crippen molar-refractivity contribution >= 4 is 0 Å². The van der Waals surface area contributed by atoms with Crippen LogP contribution >= 0.6 is 0 Å². The molecule has 9 heavy (non-hydrogen) atoms. The van der Waals surface area contributed by atoms with Crippen LogP contribution in [0.4, 0.5) is 0 Å². The molecule has 0 atom stereocenters. The lowest BCUT2D eigenvalue weighted by Crippen LogP contribution is -1.95. The molecule has 0 aromatic carbocycles. The van der Waals surface area contributed by atoms with E-state index in [4.69, 9.17) is 0 Å². The average molecular weight is 120 g/mol. The molecule has 0 N–H and O–H groups in total. The van der Waals surface area contributed by atoms with Crippen LogP contribution in [0.2, 0.25) is 0 Å². The first kappa shape index (κ1) is 6.60. The monoisotopic (exact) mass is 120 g/mol. The summed E-state index contributed by atoms with van der Waals surface area (Å²) in [6.45, 7) is 6.38. The standard InChI is InChI=1S/C9H12/c1-7-4-8(2)6-9(3)5-7/h4H,5H2,1-3H3. The molecule has 0 aromatic heterocycles. The van der Waals surface area contributed by atoms with Gasteiger partial charge in [0, 0.05) is 0 Å². The zero-order chi connectivity index (χ0) is 6.85. The predicted molar refractivity (Wildman–Crippen MR) is 39.7 cm³/mol. The molecule has 1 rings (SSSR count). The molecule has 0 heterocycles. The fourth-order valence-corrected chi connectivity index (χ4v) is 1.26. The van der Waals surface area contributed by atoms with Crippen molar-refractivity contribution in [1.29, 1.82) is 0 Å². The van der Waals surface area contributed by atoms with E-state index in [2.05, 4.69) is 32.9 Å². The quantitative estimate of drug-likeness (QED) is 0.461. The smallest absolute Gasteiger partial charge is 0.00117 e. The predicted octanol–water partition coefficient (Wildman–Crippen LogP) is 2.68. The Labute approximate surface area is 57.3 Å². The Balaban J connectivity index is 2.74. The van der Waals surface area contributed by atoms with Crippen LogP contribution in [0.3, 0.4) is 0 Å². The SMILES string of the molecule is C[C]1C=C(C)[C]=C(C)C1. The first-order valence-electron chi connectivity index (χ1n) is 3.28. The Kier molecular flexibility index (Phi) is 1.75. The van der Waals surface area contributed by atoms with Gasteiger partial charge in [0.1, 0.15) is 0 Å². The fraction of sp³-hybridized carbons (Fsp3) is 0.444. The molecule has 48 valence electrons. The molecule has 1 aliphatic carbocycles. The molecule has 0 aromatic rings. The second-order valence-electron chi connectivity index (χ2n) is 2.76. The molecule has 0 amide bonds. The second-order valence-corrected chi connectivity index (χ2v) is 2.76. The highest BCUT2D eigenvalue weighted by atomic mass is 14.1. The number of hydrogen-bond acceptors (Lipinski definition) is 0. The lowest BCUT2D eigenvalue weighted by atomic mass is 9.93. The van der Waals surface area contributed by atoms with Crippen molar-refractivity contribution in [3.05, 3.63) is 29.2 Å². The van der Waals surface area contributed by atoms with Gasteiger partial charge in [-0.1, -0.05) is 18.6 Å². The zero-order valence-corrected chi connectivity index (χ0v) is 6.28. The molecule has 0 spiro atoms. The Morgan fingerprint density at radius 2 is 2.00 bits per heavy atom. The van der Waals surface area contributed by atoms with E-state index in [-0.39, 0.29) is 0 Å². The fourth-order valence-electron chi connectivity index (χ4n) is 1.26. The highest BCUT2D eigenvalue weighted by Crippen LogP contribution is 2.21. The average Bonchev–Trinajstić information content (AvgIpc) is 1.59. The van der Waals surface area contributed by atoms with Crippen LogP contribution in [0.5, 0.6) is 0 Å². The van der Waals surface area contributed by atoms with E-state index in [1.807, 2.05) is 0 Å². The number of hydrogen-bond donors (Lipinski definition) is 0. The minimum atomic E-state index is 1.11. The number of rotatable bonds is 0. The molecule has 0 nitrogen and oxygen atoms in total. The van der Waals surface area contributed by atoms with E-state index < -0.39 is 0 Å². The van der Waals surface area contributed by atoms with Gasteiger partial charge in [-0.15, -0.1) is 0 Å². The summed E-state index contributed by atoms with van der Waals surface area (Å²) < 4.78 is 0. The van der Waals surface area contributed by atoms with Crippen molar-refractivity contribution in [2.45, 2.75) is 27.2 Å². The van der Waals surface area contributed by atoms with Crippen LogP contribution in [-0.2, 0) is 0 Å². The Bertz CT molecular complexity index is 161. The third-order valence-corrected chi connectivity index (χ3v) is 1.42. The molecule has 0 heteroatoms.